The van der Waals surface area contributed by atoms with Crippen molar-refractivity contribution in [1.29, 1.82) is 0 Å². The predicted molar refractivity (Wildman–Crippen MR) is 103 cm³/mol. The molecule has 0 aliphatic heterocycles. The molecule has 1 heterocycles. The minimum absolute atomic E-state index is 0.00259. The second-order valence-electron chi connectivity index (χ2n) is 6.27. The lowest BCUT2D eigenvalue weighted by molar-refractivity contribution is -0.120. The van der Waals surface area contributed by atoms with E-state index in [1.807, 2.05) is 30.6 Å². The molecule has 0 bridgehead atoms. The highest BCUT2D eigenvalue weighted by atomic mass is 19.1. The molecule has 2 aromatic rings. The van der Waals surface area contributed by atoms with Crippen LogP contribution in [0.1, 0.15) is 24.0 Å². The van der Waals surface area contributed by atoms with Gasteiger partial charge < -0.3 is 10.2 Å². The highest BCUT2D eigenvalue weighted by Crippen LogP contribution is 2.05. The molecule has 138 valence electrons. The number of aromatic nitrogens is 1. The van der Waals surface area contributed by atoms with Gasteiger partial charge in [0.1, 0.15) is 5.82 Å². The SMILES string of the molecule is CN(CCCNC(=O)C/C=C/c1ccc(F)cc1)CCc1ccncc1. The first-order valence-electron chi connectivity index (χ1n) is 8.90. The summed E-state index contributed by atoms with van der Waals surface area (Å²) in [6.07, 6.45) is 9.50. The van der Waals surface area contributed by atoms with Gasteiger partial charge in [-0.15, -0.1) is 0 Å². The Balaban J connectivity index is 1.54. The van der Waals surface area contributed by atoms with Crippen LogP contribution in [0, 0.1) is 5.82 Å². The molecule has 0 unspecified atom stereocenters. The standard InChI is InChI=1S/C21H26FN3O/c1-25(17-12-19-10-14-23-15-11-19)16-3-13-24-21(26)5-2-4-18-6-8-20(22)9-7-18/h2,4,6-11,14-15H,3,5,12-13,16-17H2,1H3,(H,24,26)/b4-2+. The number of pyridine rings is 1. The van der Waals surface area contributed by atoms with E-state index < -0.39 is 0 Å². The Bertz CT molecular complexity index is 686. The van der Waals surface area contributed by atoms with Crippen LogP contribution in [0.3, 0.4) is 0 Å². The molecule has 1 aromatic carbocycles. The average molecular weight is 355 g/mol. The first kappa shape index (κ1) is 19.8. The topological polar surface area (TPSA) is 45.2 Å². The number of rotatable bonds is 10. The molecule has 1 N–H and O–H groups in total. The third-order valence-corrected chi connectivity index (χ3v) is 4.05. The van der Waals surface area contributed by atoms with Gasteiger partial charge in [0.15, 0.2) is 0 Å². The van der Waals surface area contributed by atoms with Gasteiger partial charge in [-0.05, 0) is 61.8 Å². The summed E-state index contributed by atoms with van der Waals surface area (Å²) >= 11 is 0. The Hall–Kier alpha value is -2.53. The van der Waals surface area contributed by atoms with Crippen LogP contribution in [0.15, 0.2) is 54.9 Å². The zero-order chi connectivity index (χ0) is 18.6. The summed E-state index contributed by atoms with van der Waals surface area (Å²) in [5.41, 5.74) is 2.17. The Morgan fingerprint density at radius 3 is 2.62 bits per heavy atom. The Labute approximate surface area is 154 Å². The molecule has 0 fully saturated rings. The molecule has 0 aliphatic carbocycles. The van der Waals surface area contributed by atoms with Crippen molar-refractivity contribution in [1.82, 2.24) is 15.2 Å². The van der Waals surface area contributed by atoms with Crippen LogP contribution in [0.4, 0.5) is 4.39 Å². The zero-order valence-electron chi connectivity index (χ0n) is 15.2. The predicted octanol–water partition coefficient (Wildman–Crippen LogP) is 3.30. The first-order valence-corrected chi connectivity index (χ1v) is 8.90. The second kappa shape index (κ2) is 11.2. The minimum Gasteiger partial charge on any atom is -0.356 e. The monoisotopic (exact) mass is 355 g/mol. The highest BCUT2D eigenvalue weighted by molar-refractivity contribution is 5.78. The number of likely N-dealkylation sites (N-methyl/N-ethyl adjacent to an activating group) is 1. The van der Waals surface area contributed by atoms with E-state index in [0.717, 1.165) is 31.5 Å². The molecule has 0 atom stereocenters. The number of amides is 1. The van der Waals surface area contributed by atoms with Crippen molar-refractivity contribution >= 4 is 12.0 Å². The lowest BCUT2D eigenvalue weighted by Crippen LogP contribution is -2.28. The normalized spacial score (nSPS) is 11.2. The molecule has 2 rings (SSSR count). The summed E-state index contributed by atoms with van der Waals surface area (Å²) in [6, 6.07) is 10.3. The molecule has 0 saturated carbocycles. The molecular weight excluding hydrogens is 329 g/mol. The van der Waals surface area contributed by atoms with Gasteiger partial charge in [-0.3, -0.25) is 9.78 Å². The van der Waals surface area contributed by atoms with Crippen molar-refractivity contribution < 1.29 is 9.18 Å². The van der Waals surface area contributed by atoms with Crippen LogP contribution < -0.4 is 5.32 Å². The third kappa shape index (κ3) is 8.03. The maximum atomic E-state index is 12.8. The molecule has 1 aromatic heterocycles. The van der Waals surface area contributed by atoms with Gasteiger partial charge in [0.2, 0.25) is 5.91 Å². The van der Waals surface area contributed by atoms with Crippen LogP contribution in [0.2, 0.25) is 0 Å². The first-order chi connectivity index (χ1) is 12.6. The number of carbonyl (C=O) groups is 1. The van der Waals surface area contributed by atoms with Gasteiger partial charge in [-0.1, -0.05) is 24.3 Å². The van der Waals surface area contributed by atoms with Crippen molar-refractivity contribution in [3.8, 4) is 0 Å². The number of nitrogens with one attached hydrogen (secondary N) is 1. The average Bonchev–Trinajstić information content (AvgIpc) is 2.66. The molecule has 4 nitrogen and oxygen atoms in total. The van der Waals surface area contributed by atoms with Crippen molar-refractivity contribution in [2.75, 3.05) is 26.7 Å². The molecule has 26 heavy (non-hydrogen) atoms. The van der Waals surface area contributed by atoms with Crippen molar-refractivity contribution in [2.45, 2.75) is 19.3 Å². The lowest BCUT2D eigenvalue weighted by atomic mass is 10.2. The van der Waals surface area contributed by atoms with E-state index in [0.29, 0.717) is 13.0 Å². The van der Waals surface area contributed by atoms with Crippen LogP contribution in [0.5, 0.6) is 0 Å². The van der Waals surface area contributed by atoms with Gasteiger partial charge >= 0.3 is 0 Å². The van der Waals surface area contributed by atoms with Gasteiger partial charge in [0, 0.05) is 31.9 Å². The van der Waals surface area contributed by atoms with E-state index in [-0.39, 0.29) is 11.7 Å². The summed E-state index contributed by atoms with van der Waals surface area (Å²) in [6.45, 7) is 2.60. The van der Waals surface area contributed by atoms with Crippen LogP contribution in [0.25, 0.3) is 6.08 Å². The molecule has 5 heteroatoms. The fraction of sp³-hybridized carbons (Fsp3) is 0.333. The van der Waals surface area contributed by atoms with Crippen molar-refractivity contribution in [3.05, 3.63) is 71.8 Å². The largest absolute Gasteiger partial charge is 0.356 e. The number of benzene rings is 1. The Morgan fingerprint density at radius 1 is 1.15 bits per heavy atom. The van der Waals surface area contributed by atoms with E-state index in [9.17, 15) is 9.18 Å². The highest BCUT2D eigenvalue weighted by Gasteiger charge is 2.01. The van der Waals surface area contributed by atoms with Gasteiger partial charge in [0.25, 0.3) is 0 Å². The molecule has 0 radical (unpaired) electrons. The molecule has 1 amide bonds. The fourth-order valence-corrected chi connectivity index (χ4v) is 2.51. The Morgan fingerprint density at radius 2 is 1.88 bits per heavy atom. The maximum absolute atomic E-state index is 12.8. The second-order valence-corrected chi connectivity index (χ2v) is 6.27. The number of hydrogen-bond donors (Lipinski definition) is 1. The van der Waals surface area contributed by atoms with E-state index in [1.165, 1.54) is 17.7 Å². The Kier molecular flexibility index (Phi) is 8.49. The van der Waals surface area contributed by atoms with Crippen molar-refractivity contribution in [3.63, 3.8) is 0 Å². The number of halogens is 1. The summed E-state index contributed by atoms with van der Waals surface area (Å²) < 4.78 is 12.8. The number of carbonyl (C=O) groups excluding carboxylic acids is 1. The third-order valence-electron chi connectivity index (χ3n) is 4.05. The molecule has 0 aliphatic rings. The van der Waals surface area contributed by atoms with Crippen LogP contribution in [-0.2, 0) is 11.2 Å². The minimum atomic E-state index is -0.259. The number of hydrogen-bond acceptors (Lipinski definition) is 3. The van der Waals surface area contributed by atoms with Crippen molar-refractivity contribution in [2.24, 2.45) is 0 Å². The zero-order valence-corrected chi connectivity index (χ0v) is 15.2. The van der Waals surface area contributed by atoms with Crippen LogP contribution in [-0.4, -0.2) is 42.5 Å². The van der Waals surface area contributed by atoms with Gasteiger partial charge in [-0.25, -0.2) is 4.39 Å². The van der Waals surface area contributed by atoms with E-state index in [1.54, 1.807) is 18.2 Å². The quantitative estimate of drug-likeness (QED) is 0.665. The van der Waals surface area contributed by atoms with E-state index in [2.05, 4.69) is 22.2 Å². The number of nitrogens with zero attached hydrogens (tertiary/aromatic N) is 2. The summed E-state index contributed by atoms with van der Waals surface area (Å²) in [7, 11) is 2.09. The van der Waals surface area contributed by atoms with E-state index in [4.69, 9.17) is 0 Å². The van der Waals surface area contributed by atoms with E-state index >= 15 is 0 Å². The van der Waals surface area contributed by atoms with Crippen LogP contribution >= 0.6 is 0 Å². The molecule has 0 spiro atoms. The van der Waals surface area contributed by atoms with Gasteiger partial charge in [-0.2, -0.15) is 0 Å². The smallest absolute Gasteiger partial charge is 0.223 e. The lowest BCUT2D eigenvalue weighted by Gasteiger charge is -2.16. The summed E-state index contributed by atoms with van der Waals surface area (Å²) in [5.74, 6) is -0.256. The summed E-state index contributed by atoms with van der Waals surface area (Å²) in [5, 5.41) is 2.92. The maximum Gasteiger partial charge on any atom is 0.223 e. The molecule has 0 saturated heterocycles. The van der Waals surface area contributed by atoms with Gasteiger partial charge in [0.05, 0.1) is 0 Å². The fourth-order valence-electron chi connectivity index (χ4n) is 2.51. The molecular formula is C21H26FN3O. The summed E-state index contributed by atoms with van der Waals surface area (Å²) in [4.78, 5) is 18.1.